The number of carbonyl (C=O) groups is 1. The summed E-state index contributed by atoms with van der Waals surface area (Å²) < 4.78 is 7.04. The molecule has 4 rings (SSSR count). The highest BCUT2D eigenvalue weighted by Crippen LogP contribution is 2.31. The first kappa shape index (κ1) is 19.9. The molecule has 2 aliphatic rings. The molecule has 0 spiro atoms. The molecular weight excluding hydrogens is 378 g/mol. The standard InChI is InChI=1S/C24H23N3O3/c1-2-3-7-27-16-22(20-5-4-6-21(20)24(27)29)18-12-17(15-25)13-19(14-18)23(28)26-8-10-30-11-9-26/h2,4-5,12-14,16H,1,3,6-11H2. The lowest BCUT2D eigenvalue weighted by Gasteiger charge is -2.27. The second-order valence-electron chi connectivity index (χ2n) is 7.43. The minimum atomic E-state index is -0.108. The second-order valence-corrected chi connectivity index (χ2v) is 7.43. The number of carbonyl (C=O) groups excluding carboxylic acids is 1. The zero-order chi connectivity index (χ0) is 21.1. The SMILES string of the molecule is C=CCCn1cc(-c2cc(C#N)cc(C(=O)N3CCOCC3)c2)c2c(c1=O)CC=C2. The molecule has 2 aromatic rings. The predicted molar refractivity (Wildman–Crippen MR) is 115 cm³/mol. The van der Waals surface area contributed by atoms with Gasteiger partial charge in [-0.1, -0.05) is 18.2 Å². The van der Waals surface area contributed by atoms with Crippen LogP contribution in [0.5, 0.6) is 0 Å². The summed E-state index contributed by atoms with van der Waals surface area (Å²) in [6.07, 6.45) is 8.82. The lowest BCUT2D eigenvalue weighted by Crippen LogP contribution is -2.40. The Kier molecular flexibility index (Phi) is 5.64. The molecule has 1 aromatic carbocycles. The predicted octanol–water partition coefficient (Wildman–Crippen LogP) is 3.00. The van der Waals surface area contributed by atoms with Crippen molar-refractivity contribution in [2.45, 2.75) is 19.4 Å². The van der Waals surface area contributed by atoms with Crippen LogP contribution in [0.15, 0.2) is 47.9 Å². The maximum absolute atomic E-state index is 13.0. The number of benzene rings is 1. The molecule has 1 aliphatic heterocycles. The summed E-state index contributed by atoms with van der Waals surface area (Å²) >= 11 is 0. The van der Waals surface area contributed by atoms with E-state index in [4.69, 9.17) is 4.74 Å². The van der Waals surface area contributed by atoms with Crippen LogP contribution in [0, 0.1) is 11.3 Å². The van der Waals surface area contributed by atoms with Crippen molar-refractivity contribution in [1.29, 1.82) is 5.26 Å². The van der Waals surface area contributed by atoms with Gasteiger partial charge in [-0.25, -0.2) is 0 Å². The molecule has 30 heavy (non-hydrogen) atoms. The van der Waals surface area contributed by atoms with Crippen molar-refractivity contribution in [3.63, 3.8) is 0 Å². The molecule has 0 atom stereocenters. The Morgan fingerprint density at radius 1 is 1.27 bits per heavy atom. The molecule has 0 N–H and O–H groups in total. The smallest absolute Gasteiger partial charge is 0.254 e. The molecule has 0 unspecified atom stereocenters. The number of rotatable bonds is 5. The first-order valence-electron chi connectivity index (χ1n) is 10.1. The molecule has 0 bridgehead atoms. The molecule has 1 aromatic heterocycles. The van der Waals surface area contributed by atoms with Crippen LogP contribution >= 0.6 is 0 Å². The molecule has 1 amide bonds. The Morgan fingerprint density at radius 3 is 2.80 bits per heavy atom. The number of hydrogen-bond donors (Lipinski definition) is 0. The van der Waals surface area contributed by atoms with E-state index in [0.717, 1.165) is 22.3 Å². The van der Waals surface area contributed by atoms with Gasteiger partial charge < -0.3 is 14.2 Å². The molecule has 6 heteroatoms. The highest BCUT2D eigenvalue weighted by atomic mass is 16.5. The number of amides is 1. The number of morpholine rings is 1. The van der Waals surface area contributed by atoms with Gasteiger partial charge in [-0.2, -0.15) is 5.26 Å². The van der Waals surface area contributed by atoms with E-state index in [2.05, 4.69) is 12.6 Å². The molecule has 6 nitrogen and oxygen atoms in total. The molecule has 1 aliphatic carbocycles. The minimum absolute atomic E-state index is 0.00153. The number of aryl methyl sites for hydroxylation is 1. The fourth-order valence-corrected chi connectivity index (χ4v) is 3.96. The van der Waals surface area contributed by atoms with E-state index in [9.17, 15) is 14.9 Å². The monoisotopic (exact) mass is 401 g/mol. The first-order valence-corrected chi connectivity index (χ1v) is 10.1. The van der Waals surface area contributed by atoms with Gasteiger partial charge in [0.2, 0.25) is 0 Å². The topological polar surface area (TPSA) is 75.3 Å². The average molecular weight is 401 g/mol. The van der Waals surface area contributed by atoms with Crippen molar-refractivity contribution >= 4 is 12.0 Å². The molecular formula is C24H23N3O3. The Bertz CT molecular complexity index is 1130. The van der Waals surface area contributed by atoms with E-state index < -0.39 is 0 Å². The highest BCUT2D eigenvalue weighted by molar-refractivity contribution is 5.96. The Labute approximate surface area is 175 Å². The molecule has 0 radical (unpaired) electrons. The molecule has 1 saturated heterocycles. The van der Waals surface area contributed by atoms with E-state index in [0.29, 0.717) is 56.8 Å². The summed E-state index contributed by atoms with van der Waals surface area (Å²) in [5.41, 5.74) is 4.14. The summed E-state index contributed by atoms with van der Waals surface area (Å²) in [5, 5.41) is 9.56. The molecule has 2 heterocycles. The van der Waals surface area contributed by atoms with Crippen LogP contribution in [0.1, 0.15) is 33.5 Å². The molecule has 0 saturated carbocycles. The van der Waals surface area contributed by atoms with Crippen LogP contribution in [0.3, 0.4) is 0 Å². The first-order chi connectivity index (χ1) is 14.6. The van der Waals surface area contributed by atoms with E-state index in [1.165, 1.54) is 0 Å². The minimum Gasteiger partial charge on any atom is -0.378 e. The van der Waals surface area contributed by atoms with E-state index >= 15 is 0 Å². The quantitative estimate of drug-likeness (QED) is 0.722. The third kappa shape index (κ3) is 3.72. The highest BCUT2D eigenvalue weighted by Gasteiger charge is 2.22. The number of pyridine rings is 1. The number of allylic oxidation sites excluding steroid dienone is 2. The van der Waals surface area contributed by atoms with Crippen LogP contribution in [0.25, 0.3) is 17.2 Å². The second kappa shape index (κ2) is 8.52. The number of hydrogen-bond acceptors (Lipinski definition) is 4. The summed E-state index contributed by atoms with van der Waals surface area (Å²) in [7, 11) is 0. The maximum Gasteiger partial charge on any atom is 0.254 e. The lowest BCUT2D eigenvalue weighted by molar-refractivity contribution is 0.0303. The van der Waals surface area contributed by atoms with Crippen LogP contribution in [-0.2, 0) is 17.7 Å². The van der Waals surface area contributed by atoms with Crippen LogP contribution < -0.4 is 5.56 Å². The van der Waals surface area contributed by atoms with Gasteiger partial charge in [0.05, 0.1) is 24.8 Å². The van der Waals surface area contributed by atoms with Crippen molar-refractivity contribution in [2.24, 2.45) is 0 Å². The van der Waals surface area contributed by atoms with Gasteiger partial charge in [0.15, 0.2) is 0 Å². The van der Waals surface area contributed by atoms with Gasteiger partial charge >= 0.3 is 0 Å². The van der Waals surface area contributed by atoms with Crippen molar-refractivity contribution in [3.8, 4) is 17.2 Å². The Balaban J connectivity index is 1.82. The third-order valence-electron chi connectivity index (χ3n) is 5.52. The van der Waals surface area contributed by atoms with Crippen LogP contribution in [-0.4, -0.2) is 41.7 Å². The van der Waals surface area contributed by atoms with Crippen LogP contribution in [0.2, 0.25) is 0 Å². The van der Waals surface area contributed by atoms with Gasteiger partial charge in [-0.3, -0.25) is 9.59 Å². The maximum atomic E-state index is 13.0. The number of nitriles is 1. The fourth-order valence-electron chi connectivity index (χ4n) is 3.96. The van der Waals surface area contributed by atoms with Crippen molar-refractivity contribution in [2.75, 3.05) is 26.3 Å². The average Bonchev–Trinajstić information content (AvgIpc) is 3.29. The van der Waals surface area contributed by atoms with Gasteiger partial charge in [-0.05, 0) is 42.2 Å². The van der Waals surface area contributed by atoms with Gasteiger partial charge in [0, 0.05) is 42.5 Å². The fraction of sp³-hybridized carbons (Fsp3) is 0.292. The van der Waals surface area contributed by atoms with E-state index in [1.807, 2.05) is 24.4 Å². The summed E-state index contributed by atoms with van der Waals surface area (Å²) in [6.45, 7) is 6.39. The summed E-state index contributed by atoms with van der Waals surface area (Å²) in [4.78, 5) is 27.6. The largest absolute Gasteiger partial charge is 0.378 e. The normalized spacial score (nSPS) is 15.0. The number of fused-ring (bicyclic) bond motifs is 1. The Morgan fingerprint density at radius 2 is 2.07 bits per heavy atom. The van der Waals surface area contributed by atoms with E-state index in [-0.39, 0.29) is 11.5 Å². The van der Waals surface area contributed by atoms with Crippen molar-refractivity contribution in [3.05, 3.63) is 75.7 Å². The third-order valence-corrected chi connectivity index (χ3v) is 5.52. The number of ether oxygens (including phenoxy) is 1. The summed E-state index contributed by atoms with van der Waals surface area (Å²) in [6, 6.07) is 7.40. The van der Waals surface area contributed by atoms with Crippen molar-refractivity contribution < 1.29 is 9.53 Å². The zero-order valence-corrected chi connectivity index (χ0v) is 16.8. The van der Waals surface area contributed by atoms with Gasteiger partial charge in [0.25, 0.3) is 11.5 Å². The van der Waals surface area contributed by atoms with Crippen molar-refractivity contribution in [1.82, 2.24) is 9.47 Å². The van der Waals surface area contributed by atoms with E-state index in [1.54, 1.807) is 27.7 Å². The van der Waals surface area contributed by atoms with Gasteiger partial charge in [0.1, 0.15) is 0 Å². The lowest BCUT2D eigenvalue weighted by atomic mass is 9.95. The van der Waals surface area contributed by atoms with Gasteiger partial charge in [-0.15, -0.1) is 6.58 Å². The summed E-state index contributed by atoms with van der Waals surface area (Å²) in [5.74, 6) is -0.108. The molecule has 152 valence electrons. The van der Waals surface area contributed by atoms with Crippen LogP contribution in [0.4, 0.5) is 0 Å². The number of aromatic nitrogens is 1. The molecule has 1 fully saturated rings. The Hall–Kier alpha value is -3.43. The number of nitrogens with zero attached hydrogens (tertiary/aromatic N) is 3. The zero-order valence-electron chi connectivity index (χ0n) is 16.8.